The molecule has 1 amide bonds. The van der Waals surface area contributed by atoms with Crippen molar-refractivity contribution < 1.29 is 14.7 Å². The van der Waals surface area contributed by atoms with Gasteiger partial charge in [-0.3, -0.25) is 0 Å². The third kappa shape index (κ3) is 4.89. The van der Waals surface area contributed by atoms with E-state index in [1.54, 1.807) is 0 Å². The molecule has 1 unspecified atom stereocenters. The number of hydrogen-bond donors (Lipinski definition) is 3. The number of amides is 1. The van der Waals surface area contributed by atoms with Crippen LogP contribution in [0.5, 0.6) is 0 Å². The van der Waals surface area contributed by atoms with Gasteiger partial charge in [0.15, 0.2) is 0 Å². The summed E-state index contributed by atoms with van der Waals surface area (Å²) in [6.45, 7) is 1.88. The first-order valence-electron chi connectivity index (χ1n) is 3.94. The van der Waals surface area contributed by atoms with Gasteiger partial charge in [0.1, 0.15) is 5.84 Å². The quantitative estimate of drug-likeness (QED) is 0.256. The normalized spacial score (nSPS) is 13.5. The molecule has 0 rings (SSSR count). The second-order valence-corrected chi connectivity index (χ2v) is 2.54. The molecule has 0 aromatic heterocycles. The Balaban J connectivity index is 3.96. The van der Waals surface area contributed by atoms with Crippen LogP contribution in [0, 0.1) is 0 Å². The van der Waals surface area contributed by atoms with Gasteiger partial charge in [0.2, 0.25) is 0 Å². The summed E-state index contributed by atoms with van der Waals surface area (Å²) in [7, 11) is 1.28. The monoisotopic (exact) mass is 189 g/mol. The van der Waals surface area contributed by atoms with Gasteiger partial charge < -0.3 is 21.0 Å². The van der Waals surface area contributed by atoms with Crippen LogP contribution in [0.15, 0.2) is 5.16 Å². The van der Waals surface area contributed by atoms with Gasteiger partial charge in [-0.1, -0.05) is 12.1 Å². The zero-order valence-electron chi connectivity index (χ0n) is 7.78. The molecule has 0 aromatic rings. The van der Waals surface area contributed by atoms with Gasteiger partial charge in [-0.05, 0) is 6.42 Å². The van der Waals surface area contributed by atoms with Gasteiger partial charge >= 0.3 is 6.09 Å². The van der Waals surface area contributed by atoms with Crippen LogP contribution in [0.4, 0.5) is 4.79 Å². The summed E-state index contributed by atoms with van der Waals surface area (Å²) >= 11 is 0. The van der Waals surface area contributed by atoms with Gasteiger partial charge in [-0.25, -0.2) is 4.79 Å². The summed E-state index contributed by atoms with van der Waals surface area (Å²) in [6, 6.07) is -0.164. The van der Waals surface area contributed by atoms with Crippen molar-refractivity contribution in [3.05, 3.63) is 0 Å². The molecule has 0 aliphatic rings. The summed E-state index contributed by atoms with van der Waals surface area (Å²) in [5.41, 5.74) is 5.27. The Morgan fingerprint density at radius 3 is 2.77 bits per heavy atom. The molecule has 0 fully saturated rings. The van der Waals surface area contributed by atoms with Crippen molar-refractivity contribution in [1.29, 1.82) is 0 Å². The van der Waals surface area contributed by atoms with E-state index < -0.39 is 6.09 Å². The van der Waals surface area contributed by atoms with Crippen molar-refractivity contribution in [3.8, 4) is 0 Å². The highest BCUT2D eigenvalue weighted by molar-refractivity contribution is 5.80. The van der Waals surface area contributed by atoms with Crippen LogP contribution in [0.2, 0.25) is 0 Å². The smallest absolute Gasteiger partial charge is 0.407 e. The molecular formula is C7H15N3O3. The Bertz CT molecular complexity index is 193. The molecule has 0 saturated heterocycles. The highest BCUT2D eigenvalue weighted by atomic mass is 16.5. The van der Waals surface area contributed by atoms with E-state index in [0.29, 0.717) is 12.8 Å². The van der Waals surface area contributed by atoms with Crippen LogP contribution in [0.3, 0.4) is 0 Å². The number of methoxy groups -OCH3 is 1. The first-order chi connectivity index (χ1) is 6.13. The number of amidine groups is 1. The number of rotatable bonds is 4. The van der Waals surface area contributed by atoms with E-state index in [4.69, 9.17) is 10.9 Å². The maximum atomic E-state index is 10.8. The van der Waals surface area contributed by atoms with Crippen molar-refractivity contribution >= 4 is 11.9 Å². The molecule has 76 valence electrons. The van der Waals surface area contributed by atoms with Crippen LogP contribution in [0.1, 0.15) is 19.8 Å². The average molecular weight is 189 g/mol. The van der Waals surface area contributed by atoms with Gasteiger partial charge in [0, 0.05) is 12.5 Å². The van der Waals surface area contributed by atoms with E-state index in [-0.39, 0.29) is 11.9 Å². The van der Waals surface area contributed by atoms with Crippen LogP contribution in [0.25, 0.3) is 0 Å². The van der Waals surface area contributed by atoms with Crippen LogP contribution in [-0.2, 0) is 4.74 Å². The lowest BCUT2D eigenvalue weighted by molar-refractivity contribution is 0.166. The molecule has 0 heterocycles. The Morgan fingerprint density at radius 2 is 2.38 bits per heavy atom. The number of oxime groups is 1. The zero-order chi connectivity index (χ0) is 10.3. The Labute approximate surface area is 76.7 Å². The Morgan fingerprint density at radius 1 is 1.77 bits per heavy atom. The number of ether oxygens (including phenoxy) is 1. The lowest BCUT2D eigenvalue weighted by Gasteiger charge is -2.14. The number of alkyl carbamates (subject to hydrolysis) is 1. The third-order valence-electron chi connectivity index (χ3n) is 1.58. The minimum atomic E-state index is -0.516. The largest absolute Gasteiger partial charge is 0.453 e. The summed E-state index contributed by atoms with van der Waals surface area (Å²) in [6.07, 6.45) is 0.477. The lowest BCUT2D eigenvalue weighted by Crippen LogP contribution is -2.37. The molecule has 6 nitrogen and oxygen atoms in total. The predicted molar refractivity (Wildman–Crippen MR) is 47.6 cm³/mol. The number of nitrogens with zero attached hydrogens (tertiary/aromatic N) is 1. The van der Waals surface area contributed by atoms with E-state index in [1.807, 2.05) is 6.92 Å². The first-order valence-corrected chi connectivity index (χ1v) is 3.94. The second-order valence-electron chi connectivity index (χ2n) is 2.54. The van der Waals surface area contributed by atoms with E-state index in [1.165, 1.54) is 7.11 Å². The molecule has 13 heavy (non-hydrogen) atoms. The molecule has 0 spiro atoms. The van der Waals surface area contributed by atoms with Crippen LogP contribution >= 0.6 is 0 Å². The second kappa shape index (κ2) is 6.10. The van der Waals surface area contributed by atoms with E-state index in [2.05, 4.69) is 15.2 Å². The average Bonchev–Trinajstić information content (AvgIpc) is 2.16. The van der Waals surface area contributed by atoms with Crippen molar-refractivity contribution in [1.82, 2.24) is 5.32 Å². The number of nitrogens with two attached hydrogens (primary N) is 1. The molecule has 0 bridgehead atoms. The molecule has 0 saturated carbocycles. The summed E-state index contributed by atoms with van der Waals surface area (Å²) in [5.74, 6) is 0.0863. The molecule has 1 atom stereocenters. The van der Waals surface area contributed by atoms with Crippen molar-refractivity contribution in [2.24, 2.45) is 10.9 Å². The fraction of sp³-hybridized carbons (Fsp3) is 0.714. The van der Waals surface area contributed by atoms with Crippen LogP contribution < -0.4 is 11.1 Å². The molecule has 0 aliphatic carbocycles. The van der Waals surface area contributed by atoms with E-state index in [9.17, 15) is 4.79 Å². The zero-order valence-corrected chi connectivity index (χ0v) is 7.78. The maximum Gasteiger partial charge on any atom is 0.407 e. The topological polar surface area (TPSA) is 96.9 Å². The van der Waals surface area contributed by atoms with Crippen LogP contribution in [-0.4, -0.2) is 30.3 Å². The molecular weight excluding hydrogens is 174 g/mol. The van der Waals surface area contributed by atoms with Gasteiger partial charge in [0.05, 0.1) is 7.11 Å². The Kier molecular flexibility index (Phi) is 5.42. The summed E-state index contributed by atoms with van der Waals surface area (Å²) < 4.78 is 4.40. The highest BCUT2D eigenvalue weighted by Gasteiger charge is 2.11. The fourth-order valence-electron chi connectivity index (χ4n) is 0.816. The third-order valence-corrected chi connectivity index (χ3v) is 1.58. The summed E-state index contributed by atoms with van der Waals surface area (Å²) in [5, 5.41) is 13.6. The number of carbonyl (C=O) groups excluding carboxylic acids is 1. The van der Waals surface area contributed by atoms with Crippen molar-refractivity contribution in [2.45, 2.75) is 25.8 Å². The van der Waals surface area contributed by atoms with Crippen molar-refractivity contribution in [2.75, 3.05) is 7.11 Å². The van der Waals surface area contributed by atoms with E-state index in [0.717, 1.165) is 0 Å². The number of nitrogens with one attached hydrogen (secondary N) is 1. The molecule has 0 radical (unpaired) electrons. The van der Waals surface area contributed by atoms with E-state index >= 15 is 0 Å². The summed E-state index contributed by atoms with van der Waals surface area (Å²) in [4.78, 5) is 10.8. The fourth-order valence-corrected chi connectivity index (χ4v) is 0.816. The first kappa shape index (κ1) is 11.5. The molecule has 0 aromatic carbocycles. The number of hydrogen-bond acceptors (Lipinski definition) is 4. The SMILES string of the molecule is CCC(CC(N)=NO)NC(=O)OC. The lowest BCUT2D eigenvalue weighted by atomic mass is 10.1. The minimum absolute atomic E-state index is 0.0863. The molecule has 6 heteroatoms. The van der Waals surface area contributed by atoms with Crippen molar-refractivity contribution in [3.63, 3.8) is 0 Å². The number of carbonyl (C=O) groups is 1. The predicted octanol–water partition coefficient (Wildman–Crippen LogP) is 0.258. The maximum absolute atomic E-state index is 10.8. The van der Waals surface area contributed by atoms with Gasteiger partial charge in [0.25, 0.3) is 0 Å². The Hall–Kier alpha value is -1.46. The molecule has 4 N–H and O–H groups in total. The van der Waals surface area contributed by atoms with Gasteiger partial charge in [-0.2, -0.15) is 0 Å². The van der Waals surface area contributed by atoms with Gasteiger partial charge in [-0.15, -0.1) is 0 Å². The standard InChI is InChI=1S/C7H15N3O3/c1-3-5(4-6(8)10-12)9-7(11)13-2/h5,12H,3-4H2,1-2H3,(H2,8,10)(H,9,11). The molecule has 0 aliphatic heterocycles. The highest BCUT2D eigenvalue weighted by Crippen LogP contribution is 1.97. The minimum Gasteiger partial charge on any atom is -0.453 e.